The van der Waals surface area contributed by atoms with E-state index in [4.69, 9.17) is 9.52 Å². The zero-order valence-electron chi connectivity index (χ0n) is 15.7. The van der Waals surface area contributed by atoms with Gasteiger partial charge in [-0.05, 0) is 44.5 Å². The molecule has 0 atom stereocenters. The molecule has 0 unspecified atom stereocenters. The van der Waals surface area contributed by atoms with Gasteiger partial charge in [-0.15, -0.1) is 11.3 Å². The predicted octanol–water partition coefficient (Wildman–Crippen LogP) is 4.84. The van der Waals surface area contributed by atoms with Crippen molar-refractivity contribution in [2.24, 2.45) is 0 Å². The summed E-state index contributed by atoms with van der Waals surface area (Å²) in [5.41, 5.74) is 5.51. The maximum Gasteiger partial charge on any atom is 0.236 e. The van der Waals surface area contributed by atoms with E-state index in [1.165, 1.54) is 11.3 Å². The van der Waals surface area contributed by atoms with E-state index in [2.05, 4.69) is 42.9 Å². The number of aryl methyl sites for hydroxylation is 1. The average molecular weight is 379 g/mol. The van der Waals surface area contributed by atoms with E-state index in [1.807, 2.05) is 40.4 Å². The number of hydrogen-bond acceptors (Lipinski definition) is 5. The molecule has 0 spiro atoms. The molecular weight excluding hydrogens is 356 g/mol. The highest BCUT2D eigenvalue weighted by molar-refractivity contribution is 7.13. The molecule has 27 heavy (non-hydrogen) atoms. The highest BCUT2D eigenvalue weighted by Crippen LogP contribution is 2.24. The summed E-state index contributed by atoms with van der Waals surface area (Å²) in [5, 5.41) is 6.76. The van der Waals surface area contributed by atoms with Crippen LogP contribution in [0.4, 0.5) is 0 Å². The highest BCUT2D eigenvalue weighted by Gasteiger charge is 2.16. The van der Waals surface area contributed by atoms with Gasteiger partial charge in [0.15, 0.2) is 0 Å². The molecule has 0 fully saturated rings. The fraction of sp³-hybridized carbons (Fsp3) is 0.238. The van der Waals surface area contributed by atoms with Gasteiger partial charge in [0.1, 0.15) is 6.26 Å². The van der Waals surface area contributed by atoms with Crippen molar-refractivity contribution < 1.29 is 4.42 Å². The summed E-state index contributed by atoms with van der Waals surface area (Å²) in [7, 11) is 2.10. The van der Waals surface area contributed by atoms with Crippen LogP contribution in [-0.4, -0.2) is 26.7 Å². The van der Waals surface area contributed by atoms with Crippen LogP contribution in [0.1, 0.15) is 22.6 Å². The molecule has 6 heteroatoms. The average Bonchev–Trinajstić information content (AvgIpc) is 3.40. The monoisotopic (exact) mass is 378 g/mol. The molecule has 0 aliphatic rings. The molecule has 0 bridgehead atoms. The van der Waals surface area contributed by atoms with Crippen LogP contribution in [0.2, 0.25) is 0 Å². The minimum Gasteiger partial charge on any atom is -0.444 e. The summed E-state index contributed by atoms with van der Waals surface area (Å²) in [6, 6.07) is 14.3. The number of nitrogens with zero attached hydrogens (tertiary/aromatic N) is 4. The smallest absolute Gasteiger partial charge is 0.236 e. The zero-order valence-corrected chi connectivity index (χ0v) is 16.5. The Morgan fingerprint density at radius 1 is 1.07 bits per heavy atom. The maximum atomic E-state index is 5.63. The Balaban J connectivity index is 1.49. The van der Waals surface area contributed by atoms with E-state index in [1.54, 1.807) is 17.6 Å². The van der Waals surface area contributed by atoms with Crippen molar-refractivity contribution in [1.29, 1.82) is 0 Å². The summed E-state index contributed by atoms with van der Waals surface area (Å²) in [6.45, 7) is 5.73. The molecule has 1 aromatic carbocycles. The molecule has 5 nitrogen and oxygen atoms in total. The molecule has 138 valence electrons. The van der Waals surface area contributed by atoms with Gasteiger partial charge >= 0.3 is 0 Å². The first-order chi connectivity index (χ1) is 13.1. The van der Waals surface area contributed by atoms with Gasteiger partial charge in [0.05, 0.1) is 22.0 Å². The van der Waals surface area contributed by atoms with E-state index in [9.17, 15) is 0 Å². The lowest BCUT2D eigenvalue weighted by Crippen LogP contribution is -2.18. The zero-order chi connectivity index (χ0) is 18.8. The standard InChI is InChI=1S/C21H22N4OS/c1-15-19(16(2)25(23-15)18-8-5-4-6-9-18)13-24(3)12-17-14-26-21(22-17)20-10-7-11-27-20/h4-11,14H,12-13H2,1-3H3. The predicted molar refractivity (Wildman–Crippen MR) is 108 cm³/mol. The molecule has 0 amide bonds. The topological polar surface area (TPSA) is 47.1 Å². The Morgan fingerprint density at radius 2 is 1.89 bits per heavy atom. The number of rotatable bonds is 6. The van der Waals surface area contributed by atoms with Gasteiger partial charge in [0.2, 0.25) is 5.89 Å². The molecule has 0 aliphatic carbocycles. The lowest BCUT2D eigenvalue weighted by Gasteiger charge is -2.15. The highest BCUT2D eigenvalue weighted by atomic mass is 32.1. The van der Waals surface area contributed by atoms with Crippen LogP contribution in [-0.2, 0) is 13.1 Å². The van der Waals surface area contributed by atoms with Crippen molar-refractivity contribution in [1.82, 2.24) is 19.7 Å². The van der Waals surface area contributed by atoms with Crippen molar-refractivity contribution in [3.05, 3.63) is 76.8 Å². The third-order valence-corrected chi connectivity index (χ3v) is 5.44. The van der Waals surface area contributed by atoms with E-state index in [-0.39, 0.29) is 0 Å². The van der Waals surface area contributed by atoms with Gasteiger partial charge < -0.3 is 4.42 Å². The molecule has 0 aliphatic heterocycles. The molecule has 4 aromatic rings. The van der Waals surface area contributed by atoms with Crippen molar-refractivity contribution in [2.75, 3.05) is 7.05 Å². The first-order valence-corrected chi connectivity index (χ1v) is 9.77. The second-order valence-electron chi connectivity index (χ2n) is 6.69. The molecule has 0 radical (unpaired) electrons. The van der Waals surface area contributed by atoms with Crippen molar-refractivity contribution >= 4 is 11.3 Å². The fourth-order valence-corrected chi connectivity index (χ4v) is 3.88. The van der Waals surface area contributed by atoms with Crippen LogP contribution in [0.15, 0.2) is 58.5 Å². The quantitative estimate of drug-likeness (QED) is 0.482. The van der Waals surface area contributed by atoms with Crippen molar-refractivity contribution in [3.63, 3.8) is 0 Å². The third-order valence-electron chi connectivity index (χ3n) is 4.59. The normalized spacial score (nSPS) is 11.4. The number of aromatic nitrogens is 3. The summed E-state index contributed by atoms with van der Waals surface area (Å²) in [4.78, 5) is 7.91. The van der Waals surface area contributed by atoms with Crippen LogP contribution in [0.3, 0.4) is 0 Å². The van der Waals surface area contributed by atoms with Gasteiger partial charge in [-0.3, -0.25) is 4.90 Å². The molecule has 0 saturated heterocycles. The van der Waals surface area contributed by atoms with Crippen LogP contribution >= 0.6 is 11.3 Å². The third kappa shape index (κ3) is 3.72. The van der Waals surface area contributed by atoms with E-state index < -0.39 is 0 Å². The van der Waals surface area contributed by atoms with E-state index in [0.717, 1.165) is 35.0 Å². The Bertz CT molecular complexity index is 1020. The second-order valence-corrected chi connectivity index (χ2v) is 7.64. The number of para-hydroxylation sites is 1. The van der Waals surface area contributed by atoms with E-state index >= 15 is 0 Å². The van der Waals surface area contributed by atoms with Crippen LogP contribution < -0.4 is 0 Å². The minimum atomic E-state index is 0.692. The van der Waals surface area contributed by atoms with Gasteiger partial charge in [0.25, 0.3) is 0 Å². The van der Waals surface area contributed by atoms with Gasteiger partial charge in [0, 0.05) is 24.3 Å². The second kappa shape index (κ2) is 7.50. The number of oxazole rings is 1. The fourth-order valence-electron chi connectivity index (χ4n) is 3.22. The van der Waals surface area contributed by atoms with Gasteiger partial charge in [-0.1, -0.05) is 24.3 Å². The Morgan fingerprint density at radius 3 is 2.63 bits per heavy atom. The van der Waals surface area contributed by atoms with Gasteiger partial charge in [-0.25, -0.2) is 9.67 Å². The molecule has 0 N–H and O–H groups in total. The molecule has 3 heterocycles. The van der Waals surface area contributed by atoms with Crippen LogP contribution in [0, 0.1) is 13.8 Å². The number of thiophene rings is 1. The largest absolute Gasteiger partial charge is 0.444 e. The molecule has 4 rings (SSSR count). The Labute approximate surface area is 162 Å². The summed E-state index contributed by atoms with van der Waals surface area (Å²) >= 11 is 1.63. The SMILES string of the molecule is Cc1nn(-c2ccccc2)c(C)c1CN(C)Cc1coc(-c2cccs2)n1. The Hall–Kier alpha value is -2.70. The maximum absolute atomic E-state index is 5.63. The number of hydrogen-bond donors (Lipinski definition) is 0. The molecule has 3 aromatic heterocycles. The van der Waals surface area contributed by atoms with Crippen molar-refractivity contribution in [2.45, 2.75) is 26.9 Å². The molecular formula is C21H22N4OS. The first-order valence-electron chi connectivity index (χ1n) is 8.89. The van der Waals surface area contributed by atoms with E-state index in [0.29, 0.717) is 5.89 Å². The molecule has 0 saturated carbocycles. The summed E-state index contributed by atoms with van der Waals surface area (Å²) in [5.74, 6) is 0.692. The van der Waals surface area contributed by atoms with Crippen LogP contribution in [0.5, 0.6) is 0 Å². The summed E-state index contributed by atoms with van der Waals surface area (Å²) < 4.78 is 7.64. The summed E-state index contributed by atoms with van der Waals surface area (Å²) in [6.07, 6.45) is 1.75. The van der Waals surface area contributed by atoms with Crippen molar-refractivity contribution in [3.8, 4) is 16.5 Å². The Kier molecular flexibility index (Phi) is 4.92. The minimum absolute atomic E-state index is 0.692. The lowest BCUT2D eigenvalue weighted by molar-refractivity contribution is 0.313. The first kappa shape index (κ1) is 17.7. The van der Waals surface area contributed by atoms with Gasteiger partial charge in [-0.2, -0.15) is 5.10 Å². The van der Waals surface area contributed by atoms with Crippen LogP contribution in [0.25, 0.3) is 16.5 Å². The number of benzene rings is 1. The lowest BCUT2D eigenvalue weighted by atomic mass is 10.2.